The zero-order chi connectivity index (χ0) is 10.9. The summed E-state index contributed by atoms with van der Waals surface area (Å²) in [6, 6.07) is 3.53. The molecule has 5 heteroatoms. The zero-order valence-corrected chi connectivity index (χ0v) is 9.41. The fourth-order valence-electron chi connectivity index (χ4n) is 1.93. The lowest BCUT2D eigenvalue weighted by Gasteiger charge is -2.47. The van der Waals surface area contributed by atoms with E-state index in [1.807, 2.05) is 11.0 Å². The molecular formula is C10H14ClN3O. The molecule has 1 N–H and O–H groups in total. The van der Waals surface area contributed by atoms with Crippen LogP contribution in [-0.4, -0.2) is 34.0 Å². The Morgan fingerprint density at radius 2 is 2.20 bits per heavy atom. The third kappa shape index (κ3) is 2.21. The van der Waals surface area contributed by atoms with E-state index in [-0.39, 0.29) is 0 Å². The summed E-state index contributed by atoms with van der Waals surface area (Å²) in [5, 5.41) is 18.1. The SMILES string of the molecule is CCCC1(O)CN(c2ccc(Cl)nn2)C1. The molecule has 0 bridgehead atoms. The average molecular weight is 228 g/mol. The minimum atomic E-state index is -0.532. The maximum Gasteiger partial charge on any atom is 0.151 e. The van der Waals surface area contributed by atoms with Gasteiger partial charge in [0.25, 0.3) is 0 Å². The van der Waals surface area contributed by atoms with E-state index in [1.165, 1.54) is 0 Å². The first-order valence-electron chi connectivity index (χ1n) is 5.09. The van der Waals surface area contributed by atoms with E-state index in [1.54, 1.807) is 6.07 Å². The molecule has 1 aliphatic rings. The van der Waals surface area contributed by atoms with Gasteiger partial charge in [0, 0.05) is 0 Å². The van der Waals surface area contributed by atoms with Crippen LogP contribution in [0.4, 0.5) is 5.82 Å². The van der Waals surface area contributed by atoms with E-state index in [0.717, 1.165) is 18.7 Å². The molecule has 82 valence electrons. The molecule has 0 radical (unpaired) electrons. The minimum Gasteiger partial charge on any atom is -0.386 e. The molecule has 1 fully saturated rings. The summed E-state index contributed by atoms with van der Waals surface area (Å²) in [5.41, 5.74) is -0.532. The highest BCUT2D eigenvalue weighted by Gasteiger charge is 2.40. The molecular weight excluding hydrogens is 214 g/mol. The Kier molecular flexibility index (Phi) is 2.80. The van der Waals surface area contributed by atoms with Crippen molar-refractivity contribution in [1.29, 1.82) is 0 Å². The molecule has 2 heterocycles. The van der Waals surface area contributed by atoms with Gasteiger partial charge in [-0.05, 0) is 18.6 Å². The highest BCUT2D eigenvalue weighted by molar-refractivity contribution is 6.29. The summed E-state index contributed by atoms with van der Waals surface area (Å²) in [6.45, 7) is 3.34. The largest absolute Gasteiger partial charge is 0.386 e. The predicted octanol–water partition coefficient (Wildman–Crippen LogP) is 1.48. The topological polar surface area (TPSA) is 49.2 Å². The molecule has 2 rings (SSSR count). The smallest absolute Gasteiger partial charge is 0.151 e. The zero-order valence-electron chi connectivity index (χ0n) is 8.65. The van der Waals surface area contributed by atoms with Crippen LogP contribution in [0.2, 0.25) is 5.15 Å². The fourth-order valence-corrected chi connectivity index (χ4v) is 2.03. The summed E-state index contributed by atoms with van der Waals surface area (Å²) in [4.78, 5) is 2.00. The van der Waals surface area contributed by atoms with Gasteiger partial charge in [-0.25, -0.2) is 0 Å². The van der Waals surface area contributed by atoms with Crippen LogP contribution >= 0.6 is 11.6 Å². The maximum absolute atomic E-state index is 9.98. The van der Waals surface area contributed by atoms with Gasteiger partial charge in [0.1, 0.15) is 0 Å². The number of halogens is 1. The first-order chi connectivity index (χ1) is 7.13. The Hall–Kier alpha value is -0.870. The Morgan fingerprint density at radius 1 is 1.47 bits per heavy atom. The standard InChI is InChI=1S/C10H14ClN3O/c1-2-5-10(15)6-14(7-10)9-4-3-8(11)12-13-9/h3-4,15H,2,5-7H2,1H3. The van der Waals surface area contributed by atoms with E-state index >= 15 is 0 Å². The quantitative estimate of drug-likeness (QED) is 0.850. The van der Waals surface area contributed by atoms with Crippen molar-refractivity contribution >= 4 is 17.4 Å². The molecule has 1 saturated heterocycles. The number of hydrogen-bond acceptors (Lipinski definition) is 4. The number of anilines is 1. The van der Waals surface area contributed by atoms with Crippen LogP contribution in [0.25, 0.3) is 0 Å². The lowest BCUT2D eigenvalue weighted by molar-refractivity contribution is 0.00286. The summed E-state index contributed by atoms with van der Waals surface area (Å²) in [6.07, 6.45) is 1.83. The van der Waals surface area contributed by atoms with Crippen molar-refractivity contribution in [3.63, 3.8) is 0 Å². The van der Waals surface area contributed by atoms with Gasteiger partial charge in [-0.3, -0.25) is 0 Å². The molecule has 0 amide bonds. The van der Waals surface area contributed by atoms with Crippen LogP contribution in [0.15, 0.2) is 12.1 Å². The highest BCUT2D eigenvalue weighted by Crippen LogP contribution is 2.29. The monoisotopic (exact) mass is 227 g/mol. The van der Waals surface area contributed by atoms with Crippen LogP contribution in [0.3, 0.4) is 0 Å². The Balaban J connectivity index is 1.97. The Labute approximate surface area is 93.9 Å². The van der Waals surface area contributed by atoms with Gasteiger partial charge < -0.3 is 10.0 Å². The number of aliphatic hydroxyl groups is 1. The Bertz CT molecular complexity index is 335. The van der Waals surface area contributed by atoms with E-state index < -0.39 is 5.60 Å². The second kappa shape index (κ2) is 3.94. The average Bonchev–Trinajstić information content (AvgIpc) is 2.16. The molecule has 0 unspecified atom stereocenters. The second-order valence-corrected chi connectivity index (χ2v) is 4.43. The number of aromatic nitrogens is 2. The summed E-state index contributed by atoms with van der Waals surface area (Å²) in [7, 11) is 0. The van der Waals surface area contributed by atoms with Crippen molar-refractivity contribution in [2.24, 2.45) is 0 Å². The second-order valence-electron chi connectivity index (χ2n) is 4.04. The van der Waals surface area contributed by atoms with E-state index in [2.05, 4.69) is 17.1 Å². The van der Waals surface area contributed by atoms with E-state index in [4.69, 9.17) is 11.6 Å². The van der Waals surface area contributed by atoms with Gasteiger partial charge in [-0.1, -0.05) is 24.9 Å². The summed E-state index contributed by atoms with van der Waals surface area (Å²) in [5.74, 6) is 0.778. The van der Waals surface area contributed by atoms with Crippen molar-refractivity contribution < 1.29 is 5.11 Å². The summed E-state index contributed by atoms with van der Waals surface area (Å²) < 4.78 is 0. The van der Waals surface area contributed by atoms with Crippen LogP contribution in [0.1, 0.15) is 19.8 Å². The predicted molar refractivity (Wildman–Crippen MR) is 59.1 cm³/mol. The molecule has 4 nitrogen and oxygen atoms in total. The van der Waals surface area contributed by atoms with Crippen LogP contribution in [0.5, 0.6) is 0 Å². The van der Waals surface area contributed by atoms with Gasteiger partial charge >= 0.3 is 0 Å². The Morgan fingerprint density at radius 3 is 2.73 bits per heavy atom. The van der Waals surface area contributed by atoms with Crippen molar-refractivity contribution in [3.05, 3.63) is 17.3 Å². The molecule has 0 aromatic carbocycles. The maximum atomic E-state index is 9.98. The molecule has 0 spiro atoms. The number of nitrogens with zero attached hydrogens (tertiary/aromatic N) is 3. The van der Waals surface area contributed by atoms with Crippen molar-refractivity contribution in [1.82, 2.24) is 10.2 Å². The van der Waals surface area contributed by atoms with Gasteiger partial charge in [-0.2, -0.15) is 0 Å². The molecule has 1 aliphatic heterocycles. The minimum absolute atomic E-state index is 0.392. The lowest BCUT2D eigenvalue weighted by atomic mass is 9.89. The highest BCUT2D eigenvalue weighted by atomic mass is 35.5. The number of rotatable bonds is 3. The van der Waals surface area contributed by atoms with Crippen LogP contribution < -0.4 is 4.90 Å². The normalized spacial score (nSPS) is 18.7. The van der Waals surface area contributed by atoms with E-state index in [9.17, 15) is 5.11 Å². The van der Waals surface area contributed by atoms with Gasteiger partial charge in [0.2, 0.25) is 0 Å². The van der Waals surface area contributed by atoms with Gasteiger partial charge in [0.05, 0.1) is 18.7 Å². The number of β-amino-alcohol motifs (C(OH)–C–C–N with tert-alkyl or cyclic N) is 1. The first kappa shape index (κ1) is 10.6. The molecule has 15 heavy (non-hydrogen) atoms. The van der Waals surface area contributed by atoms with E-state index in [0.29, 0.717) is 18.2 Å². The van der Waals surface area contributed by atoms with Gasteiger partial charge in [-0.15, -0.1) is 10.2 Å². The molecule has 0 saturated carbocycles. The third-order valence-electron chi connectivity index (χ3n) is 2.63. The van der Waals surface area contributed by atoms with Crippen molar-refractivity contribution in [3.8, 4) is 0 Å². The number of hydrogen-bond donors (Lipinski definition) is 1. The molecule has 0 aliphatic carbocycles. The fraction of sp³-hybridized carbons (Fsp3) is 0.600. The molecule has 1 aromatic rings. The first-order valence-corrected chi connectivity index (χ1v) is 5.47. The van der Waals surface area contributed by atoms with Crippen molar-refractivity contribution in [2.75, 3.05) is 18.0 Å². The molecule has 1 aromatic heterocycles. The van der Waals surface area contributed by atoms with Crippen molar-refractivity contribution in [2.45, 2.75) is 25.4 Å². The lowest BCUT2D eigenvalue weighted by Crippen LogP contribution is -2.62. The molecule has 0 atom stereocenters. The third-order valence-corrected chi connectivity index (χ3v) is 2.83. The van der Waals surface area contributed by atoms with Crippen LogP contribution in [0, 0.1) is 0 Å². The van der Waals surface area contributed by atoms with Crippen LogP contribution in [-0.2, 0) is 0 Å². The van der Waals surface area contributed by atoms with Gasteiger partial charge in [0.15, 0.2) is 11.0 Å². The summed E-state index contributed by atoms with van der Waals surface area (Å²) >= 11 is 5.64.